The lowest BCUT2D eigenvalue weighted by atomic mass is 10.2. The van der Waals surface area contributed by atoms with Crippen molar-refractivity contribution in [2.24, 2.45) is 0 Å². The topological polar surface area (TPSA) is 99.3 Å². The molecule has 0 aliphatic heterocycles. The second-order valence-electron chi connectivity index (χ2n) is 5.46. The molecule has 144 valence electrons. The minimum absolute atomic E-state index is 0.0316. The van der Waals surface area contributed by atoms with Crippen molar-refractivity contribution in [2.45, 2.75) is 6.73 Å². The number of carbonyl (C=O) groups excluding carboxylic acids is 1. The molecule has 0 saturated carbocycles. The summed E-state index contributed by atoms with van der Waals surface area (Å²) in [5.74, 6) is -0.411. The van der Waals surface area contributed by atoms with Gasteiger partial charge in [-0.3, -0.25) is 14.9 Å². The molecule has 0 aliphatic rings. The van der Waals surface area contributed by atoms with Crippen LogP contribution >= 0.6 is 31.9 Å². The van der Waals surface area contributed by atoms with Gasteiger partial charge in [-0.05, 0) is 62.2 Å². The van der Waals surface area contributed by atoms with Gasteiger partial charge in [0.2, 0.25) is 0 Å². The smallest absolute Gasteiger partial charge is 0.276 e. The van der Waals surface area contributed by atoms with Gasteiger partial charge in [-0.2, -0.15) is 5.10 Å². The number of nitro benzene ring substituents is 1. The summed E-state index contributed by atoms with van der Waals surface area (Å²) in [5, 5.41) is 17.6. The van der Waals surface area contributed by atoms with E-state index < -0.39 is 10.8 Å². The number of benzene rings is 2. The van der Waals surface area contributed by atoms with E-state index in [4.69, 9.17) is 4.74 Å². The van der Waals surface area contributed by atoms with Gasteiger partial charge >= 0.3 is 0 Å². The molecule has 3 aromatic rings. The molecular weight excluding hydrogens is 503 g/mol. The lowest BCUT2D eigenvalue weighted by Crippen LogP contribution is -2.15. The van der Waals surface area contributed by atoms with Crippen LogP contribution < -0.4 is 10.1 Å². The number of rotatable bonds is 6. The van der Waals surface area contributed by atoms with Gasteiger partial charge in [-0.1, -0.05) is 0 Å². The lowest BCUT2D eigenvalue weighted by molar-refractivity contribution is -0.385. The zero-order chi connectivity index (χ0) is 20.3. The first-order valence-electron chi connectivity index (χ1n) is 7.70. The normalized spacial score (nSPS) is 10.5. The van der Waals surface area contributed by atoms with E-state index in [1.807, 2.05) is 0 Å². The van der Waals surface area contributed by atoms with Crippen LogP contribution in [-0.4, -0.2) is 20.6 Å². The number of halogens is 3. The molecule has 1 N–H and O–H groups in total. The maximum Gasteiger partial charge on any atom is 0.276 e. The fraction of sp³-hybridized carbons (Fsp3) is 0.0588. The third kappa shape index (κ3) is 4.73. The fourth-order valence-corrected chi connectivity index (χ4v) is 3.55. The molecule has 0 bridgehead atoms. The van der Waals surface area contributed by atoms with E-state index in [0.29, 0.717) is 20.4 Å². The quantitative estimate of drug-likeness (QED) is 0.379. The van der Waals surface area contributed by atoms with E-state index in [0.717, 1.165) is 0 Å². The molecule has 0 unspecified atom stereocenters. The Bertz CT molecular complexity index is 1020. The van der Waals surface area contributed by atoms with Crippen LogP contribution in [0, 0.1) is 15.9 Å². The highest BCUT2D eigenvalue weighted by Crippen LogP contribution is 2.35. The van der Waals surface area contributed by atoms with Crippen molar-refractivity contribution < 1.29 is 18.8 Å². The number of nitro groups is 1. The molecule has 0 fully saturated rings. The average molecular weight is 514 g/mol. The number of ether oxygens (including phenoxy) is 1. The number of amides is 1. The van der Waals surface area contributed by atoms with Crippen LogP contribution in [0.3, 0.4) is 0 Å². The number of nitrogens with zero attached hydrogens (tertiary/aromatic N) is 3. The lowest BCUT2D eigenvalue weighted by Gasteiger charge is -2.09. The highest BCUT2D eigenvalue weighted by molar-refractivity contribution is 9.11. The molecule has 0 spiro atoms. The Labute approximate surface area is 174 Å². The van der Waals surface area contributed by atoms with Crippen molar-refractivity contribution in [3.63, 3.8) is 0 Å². The van der Waals surface area contributed by atoms with Crippen LogP contribution in [0.5, 0.6) is 5.75 Å². The minimum atomic E-state index is -0.538. The highest BCUT2D eigenvalue weighted by Gasteiger charge is 2.18. The summed E-state index contributed by atoms with van der Waals surface area (Å²) in [6.45, 7) is 0.0316. The standard InChI is InChI=1S/C17H11Br2FN4O4/c18-13-7-11(24(26)27)8-14(19)16(13)21-17(25)15-5-6-23(22-15)9-28-12-3-1-10(20)2-4-12/h1-8H,9H2,(H,21,25). The van der Waals surface area contributed by atoms with Crippen molar-refractivity contribution in [1.29, 1.82) is 0 Å². The fourth-order valence-electron chi connectivity index (χ4n) is 2.19. The summed E-state index contributed by atoms with van der Waals surface area (Å²) in [7, 11) is 0. The first kappa shape index (κ1) is 20.0. The summed E-state index contributed by atoms with van der Waals surface area (Å²) in [5.41, 5.74) is 0.339. The molecule has 0 atom stereocenters. The Morgan fingerprint density at radius 3 is 2.46 bits per heavy atom. The monoisotopic (exact) mass is 512 g/mol. The summed E-state index contributed by atoms with van der Waals surface area (Å²) in [4.78, 5) is 22.8. The molecule has 3 rings (SSSR count). The molecule has 1 heterocycles. The van der Waals surface area contributed by atoms with Crippen molar-refractivity contribution in [1.82, 2.24) is 9.78 Å². The van der Waals surface area contributed by atoms with Gasteiger partial charge in [0, 0.05) is 27.3 Å². The van der Waals surface area contributed by atoms with Crippen molar-refractivity contribution in [2.75, 3.05) is 5.32 Å². The van der Waals surface area contributed by atoms with Crippen LogP contribution in [0.2, 0.25) is 0 Å². The van der Waals surface area contributed by atoms with Crippen LogP contribution in [0.1, 0.15) is 10.5 Å². The number of anilines is 1. The zero-order valence-electron chi connectivity index (χ0n) is 13.9. The molecule has 1 aromatic heterocycles. The van der Waals surface area contributed by atoms with Crippen LogP contribution in [0.25, 0.3) is 0 Å². The van der Waals surface area contributed by atoms with Crippen molar-refractivity contribution in [3.8, 4) is 5.75 Å². The Morgan fingerprint density at radius 2 is 1.86 bits per heavy atom. The number of carbonyl (C=O) groups is 1. The third-order valence-electron chi connectivity index (χ3n) is 3.53. The molecule has 2 aromatic carbocycles. The molecule has 28 heavy (non-hydrogen) atoms. The van der Waals surface area contributed by atoms with Crippen molar-refractivity contribution >= 4 is 49.1 Å². The van der Waals surface area contributed by atoms with E-state index in [9.17, 15) is 19.3 Å². The number of nitrogens with one attached hydrogen (secondary N) is 1. The number of hydrogen-bond acceptors (Lipinski definition) is 5. The molecule has 0 saturated heterocycles. The maximum atomic E-state index is 12.9. The Hall–Kier alpha value is -2.79. The van der Waals surface area contributed by atoms with E-state index in [1.165, 1.54) is 47.1 Å². The van der Waals surface area contributed by atoms with Gasteiger partial charge in [0.1, 0.15) is 11.6 Å². The van der Waals surface area contributed by atoms with Gasteiger partial charge in [0.25, 0.3) is 11.6 Å². The molecule has 8 nitrogen and oxygen atoms in total. The predicted molar refractivity (Wildman–Crippen MR) is 106 cm³/mol. The van der Waals surface area contributed by atoms with Gasteiger partial charge in [-0.15, -0.1) is 0 Å². The van der Waals surface area contributed by atoms with Gasteiger partial charge in [0.15, 0.2) is 12.4 Å². The summed E-state index contributed by atoms with van der Waals surface area (Å²) in [6, 6.07) is 9.59. The van der Waals surface area contributed by atoms with E-state index in [-0.39, 0.29) is 23.9 Å². The predicted octanol–water partition coefficient (Wildman–Crippen LogP) is 4.74. The van der Waals surface area contributed by atoms with E-state index in [2.05, 4.69) is 42.3 Å². The number of aromatic nitrogens is 2. The maximum absolute atomic E-state index is 12.9. The van der Waals surface area contributed by atoms with E-state index >= 15 is 0 Å². The number of hydrogen-bond donors (Lipinski definition) is 1. The molecule has 1 amide bonds. The SMILES string of the molecule is O=C(Nc1c(Br)cc([N+](=O)[O-])cc1Br)c1ccn(COc2ccc(F)cc2)n1. The Morgan fingerprint density at radius 1 is 1.21 bits per heavy atom. The first-order chi connectivity index (χ1) is 13.3. The highest BCUT2D eigenvalue weighted by atomic mass is 79.9. The Kier molecular flexibility index (Phi) is 6.05. The average Bonchev–Trinajstić information content (AvgIpc) is 3.13. The summed E-state index contributed by atoms with van der Waals surface area (Å²) in [6.07, 6.45) is 1.55. The summed E-state index contributed by atoms with van der Waals surface area (Å²) < 4.78 is 20.4. The van der Waals surface area contributed by atoms with Crippen LogP contribution in [-0.2, 0) is 6.73 Å². The second-order valence-corrected chi connectivity index (χ2v) is 7.17. The summed E-state index contributed by atoms with van der Waals surface area (Å²) >= 11 is 6.41. The first-order valence-corrected chi connectivity index (χ1v) is 9.28. The third-order valence-corrected chi connectivity index (χ3v) is 4.78. The zero-order valence-corrected chi connectivity index (χ0v) is 17.1. The van der Waals surface area contributed by atoms with Crippen LogP contribution in [0.4, 0.5) is 15.8 Å². The minimum Gasteiger partial charge on any atom is -0.471 e. The largest absolute Gasteiger partial charge is 0.471 e. The molecule has 0 radical (unpaired) electrons. The Balaban J connectivity index is 1.67. The second kappa shape index (κ2) is 8.48. The van der Waals surface area contributed by atoms with Gasteiger partial charge < -0.3 is 10.1 Å². The molecule has 0 aliphatic carbocycles. The van der Waals surface area contributed by atoms with Gasteiger partial charge in [-0.25, -0.2) is 9.07 Å². The van der Waals surface area contributed by atoms with Gasteiger partial charge in [0.05, 0.1) is 10.6 Å². The molecular formula is C17H11Br2FN4O4. The molecule has 11 heteroatoms. The van der Waals surface area contributed by atoms with E-state index in [1.54, 1.807) is 6.20 Å². The van der Waals surface area contributed by atoms with Crippen LogP contribution in [0.15, 0.2) is 57.6 Å². The van der Waals surface area contributed by atoms with Crippen molar-refractivity contribution in [3.05, 3.63) is 79.2 Å². The number of non-ortho nitro benzene ring substituents is 1.